The first-order valence-corrected chi connectivity index (χ1v) is 6.58. The van der Waals surface area contributed by atoms with Crippen molar-refractivity contribution in [2.75, 3.05) is 12.4 Å². The van der Waals surface area contributed by atoms with Crippen LogP contribution in [0, 0.1) is 10.1 Å². The average molecular weight is 322 g/mol. The number of urea groups is 1. The molecule has 114 valence electrons. The third kappa shape index (κ3) is 3.86. The van der Waals surface area contributed by atoms with E-state index in [4.69, 9.17) is 16.3 Å². The average Bonchev–Trinajstić information content (AvgIpc) is 2.50. The van der Waals surface area contributed by atoms with Gasteiger partial charge < -0.3 is 15.4 Å². The summed E-state index contributed by atoms with van der Waals surface area (Å²) in [6.45, 7) is 0. The number of nitrogens with one attached hydrogen (secondary N) is 2. The Hall–Kier alpha value is -2.80. The molecule has 2 aromatic carbocycles. The molecule has 0 bridgehead atoms. The van der Waals surface area contributed by atoms with Crippen LogP contribution in [0.2, 0.25) is 5.02 Å². The van der Waals surface area contributed by atoms with Crippen LogP contribution in [0.5, 0.6) is 11.5 Å². The summed E-state index contributed by atoms with van der Waals surface area (Å²) in [7, 11) is 1.45. The van der Waals surface area contributed by atoms with Gasteiger partial charge in [0.25, 0.3) is 0 Å². The topological polar surface area (TPSA) is 93.5 Å². The number of nitro groups is 1. The zero-order valence-electron chi connectivity index (χ0n) is 11.5. The predicted octanol–water partition coefficient (Wildman–Crippen LogP) is 3.79. The summed E-state index contributed by atoms with van der Waals surface area (Å²) < 4.78 is 5.48. The van der Waals surface area contributed by atoms with Gasteiger partial charge in [-0.15, -0.1) is 0 Å². The highest BCUT2D eigenvalue weighted by Crippen LogP contribution is 2.34. The predicted molar refractivity (Wildman–Crippen MR) is 82.7 cm³/mol. The maximum Gasteiger partial charge on any atom is 0.318 e. The number of nitrogens with zero attached hydrogens (tertiary/aromatic N) is 1. The van der Waals surface area contributed by atoms with Gasteiger partial charge in [-0.05, 0) is 36.4 Å². The molecular weight excluding hydrogens is 310 g/mol. The van der Waals surface area contributed by atoms with E-state index in [1.807, 2.05) is 0 Å². The molecule has 0 spiro atoms. The van der Waals surface area contributed by atoms with Crippen LogP contribution in [0.25, 0.3) is 0 Å². The second-order valence-corrected chi connectivity index (χ2v) is 4.64. The summed E-state index contributed by atoms with van der Waals surface area (Å²) >= 11 is 5.77. The van der Waals surface area contributed by atoms with Crippen LogP contribution in [0.15, 0.2) is 42.5 Å². The lowest BCUT2D eigenvalue weighted by Crippen LogP contribution is -2.24. The molecule has 0 aromatic heterocycles. The van der Waals surface area contributed by atoms with Gasteiger partial charge >= 0.3 is 11.7 Å². The van der Waals surface area contributed by atoms with E-state index in [9.17, 15) is 14.9 Å². The van der Waals surface area contributed by atoms with Crippen LogP contribution in [-0.2, 0) is 0 Å². The first kappa shape index (κ1) is 15.6. The van der Waals surface area contributed by atoms with Crippen LogP contribution in [0.1, 0.15) is 0 Å². The number of anilines is 1. The molecule has 2 rings (SSSR count). The number of hydrogen-bond acceptors (Lipinski definition) is 4. The first-order valence-electron chi connectivity index (χ1n) is 6.20. The van der Waals surface area contributed by atoms with Gasteiger partial charge in [0.1, 0.15) is 5.75 Å². The Bertz CT molecular complexity index is 704. The maximum absolute atomic E-state index is 11.2. The number of carbonyl (C=O) groups is 1. The van der Waals surface area contributed by atoms with Crippen LogP contribution in [0.4, 0.5) is 16.2 Å². The van der Waals surface area contributed by atoms with E-state index >= 15 is 0 Å². The van der Waals surface area contributed by atoms with Crippen molar-refractivity contribution >= 4 is 29.0 Å². The largest absolute Gasteiger partial charge is 0.450 e. The number of benzene rings is 2. The Balaban J connectivity index is 2.28. The molecule has 0 unspecified atom stereocenters. The van der Waals surface area contributed by atoms with E-state index in [2.05, 4.69) is 10.6 Å². The van der Waals surface area contributed by atoms with Crippen LogP contribution in [-0.4, -0.2) is 18.0 Å². The third-order valence-corrected chi connectivity index (χ3v) is 2.93. The highest BCUT2D eigenvalue weighted by Gasteiger charge is 2.17. The van der Waals surface area contributed by atoms with Gasteiger partial charge in [0.05, 0.1) is 4.92 Å². The Kier molecular flexibility index (Phi) is 4.80. The van der Waals surface area contributed by atoms with Crippen LogP contribution in [0.3, 0.4) is 0 Å². The molecule has 2 N–H and O–H groups in total. The monoisotopic (exact) mass is 321 g/mol. The molecule has 0 atom stereocenters. The Morgan fingerprint density at radius 2 is 1.91 bits per heavy atom. The van der Waals surface area contributed by atoms with Crippen molar-refractivity contribution in [2.24, 2.45) is 0 Å². The van der Waals surface area contributed by atoms with Crippen LogP contribution >= 0.6 is 11.6 Å². The van der Waals surface area contributed by atoms with Crippen molar-refractivity contribution in [1.82, 2.24) is 5.32 Å². The molecule has 8 heteroatoms. The molecule has 0 fully saturated rings. The third-order valence-electron chi connectivity index (χ3n) is 2.68. The molecule has 0 radical (unpaired) electrons. The number of hydrogen-bond donors (Lipinski definition) is 2. The Morgan fingerprint density at radius 3 is 2.50 bits per heavy atom. The zero-order valence-corrected chi connectivity index (χ0v) is 12.3. The lowest BCUT2D eigenvalue weighted by molar-refractivity contribution is -0.385. The second kappa shape index (κ2) is 6.77. The second-order valence-electron chi connectivity index (χ2n) is 4.20. The summed E-state index contributed by atoms with van der Waals surface area (Å²) in [5.74, 6) is 0.481. The van der Waals surface area contributed by atoms with Gasteiger partial charge in [0.15, 0.2) is 0 Å². The van der Waals surface area contributed by atoms with Crippen molar-refractivity contribution in [1.29, 1.82) is 0 Å². The molecule has 2 amide bonds. The molecular formula is C14H12ClN3O4. The van der Waals surface area contributed by atoms with Gasteiger partial charge in [-0.3, -0.25) is 10.1 Å². The minimum absolute atomic E-state index is 0.0646. The van der Waals surface area contributed by atoms with Crippen molar-refractivity contribution in [3.8, 4) is 11.5 Å². The van der Waals surface area contributed by atoms with E-state index in [1.54, 1.807) is 24.3 Å². The molecule has 0 aliphatic carbocycles. The minimum Gasteiger partial charge on any atom is -0.450 e. The Morgan fingerprint density at radius 1 is 1.23 bits per heavy atom. The maximum atomic E-state index is 11.2. The first-order chi connectivity index (χ1) is 10.5. The molecule has 0 aliphatic heterocycles. The molecule has 0 saturated carbocycles. The van der Waals surface area contributed by atoms with Crippen molar-refractivity contribution < 1.29 is 14.5 Å². The standard InChI is InChI=1S/C14H12ClN3O4/c1-16-14(19)17-10-4-7-13(12(8-10)18(20)21)22-11-5-2-9(15)3-6-11/h2-8H,1H3,(H2,16,17,19). The van der Waals surface area contributed by atoms with E-state index in [0.29, 0.717) is 10.8 Å². The van der Waals surface area contributed by atoms with Crippen LogP contribution < -0.4 is 15.4 Å². The molecule has 0 heterocycles. The highest BCUT2D eigenvalue weighted by molar-refractivity contribution is 6.30. The Labute approximate surface area is 131 Å². The quantitative estimate of drug-likeness (QED) is 0.661. The number of rotatable bonds is 4. The fourth-order valence-electron chi connectivity index (χ4n) is 1.65. The van der Waals surface area contributed by atoms with E-state index < -0.39 is 11.0 Å². The summed E-state index contributed by atoms with van der Waals surface area (Å²) in [4.78, 5) is 21.8. The number of amides is 2. The van der Waals surface area contributed by atoms with Gasteiger partial charge in [0, 0.05) is 23.8 Å². The van der Waals surface area contributed by atoms with Gasteiger partial charge in [-0.1, -0.05) is 11.6 Å². The normalized spacial score (nSPS) is 9.91. The van der Waals surface area contributed by atoms with Crippen molar-refractivity contribution in [3.63, 3.8) is 0 Å². The fraction of sp³-hybridized carbons (Fsp3) is 0.0714. The van der Waals surface area contributed by atoms with Gasteiger partial charge in [0.2, 0.25) is 5.75 Å². The molecule has 0 saturated heterocycles. The van der Waals surface area contributed by atoms with Gasteiger partial charge in [-0.2, -0.15) is 0 Å². The number of ether oxygens (including phenoxy) is 1. The highest BCUT2D eigenvalue weighted by atomic mass is 35.5. The summed E-state index contributed by atoms with van der Waals surface area (Å²) in [5.41, 5.74) is 0.0263. The molecule has 22 heavy (non-hydrogen) atoms. The lowest BCUT2D eigenvalue weighted by atomic mass is 10.2. The number of halogens is 1. The minimum atomic E-state index is -0.583. The molecule has 2 aromatic rings. The zero-order chi connectivity index (χ0) is 16.1. The number of nitro benzene ring substituents is 1. The smallest absolute Gasteiger partial charge is 0.318 e. The summed E-state index contributed by atoms with van der Waals surface area (Å²) in [6.07, 6.45) is 0. The fourth-order valence-corrected chi connectivity index (χ4v) is 1.77. The molecule has 0 aliphatic rings. The lowest BCUT2D eigenvalue weighted by Gasteiger charge is -2.09. The summed E-state index contributed by atoms with van der Waals surface area (Å²) in [5, 5.41) is 16.5. The SMILES string of the molecule is CNC(=O)Nc1ccc(Oc2ccc(Cl)cc2)c([N+](=O)[O-])c1. The number of carbonyl (C=O) groups excluding carboxylic acids is 1. The summed E-state index contributed by atoms with van der Waals surface area (Å²) in [6, 6.07) is 10.1. The van der Waals surface area contributed by atoms with Crippen molar-refractivity contribution in [2.45, 2.75) is 0 Å². The van der Waals surface area contributed by atoms with Gasteiger partial charge in [-0.25, -0.2) is 4.79 Å². The van der Waals surface area contributed by atoms with Crippen molar-refractivity contribution in [3.05, 3.63) is 57.6 Å². The van der Waals surface area contributed by atoms with E-state index in [-0.39, 0.29) is 17.1 Å². The molecule has 7 nitrogen and oxygen atoms in total. The van der Waals surface area contributed by atoms with E-state index in [0.717, 1.165) is 0 Å². The van der Waals surface area contributed by atoms with E-state index in [1.165, 1.54) is 25.2 Å².